The van der Waals surface area contributed by atoms with Crippen molar-refractivity contribution in [2.24, 2.45) is 0 Å². The highest BCUT2D eigenvalue weighted by Gasteiger charge is 2.20. The Morgan fingerprint density at radius 3 is 2.95 bits per heavy atom. The van der Waals surface area contributed by atoms with Crippen LogP contribution in [0.25, 0.3) is 0 Å². The fourth-order valence-electron chi connectivity index (χ4n) is 2.26. The SMILES string of the molecule is N#Cc1ccc(Cl)cc1S(=O)(=O)NCCC1CCCN1. The molecule has 0 amide bonds. The highest BCUT2D eigenvalue weighted by molar-refractivity contribution is 7.89. The lowest BCUT2D eigenvalue weighted by molar-refractivity contribution is 0.539. The number of benzene rings is 1. The molecule has 1 fully saturated rings. The quantitative estimate of drug-likeness (QED) is 0.865. The van der Waals surface area contributed by atoms with Crippen molar-refractivity contribution >= 4 is 21.6 Å². The molecular weight excluding hydrogens is 298 g/mol. The zero-order chi connectivity index (χ0) is 14.6. The van der Waals surface area contributed by atoms with E-state index in [9.17, 15) is 8.42 Å². The molecule has 0 radical (unpaired) electrons. The zero-order valence-electron chi connectivity index (χ0n) is 10.9. The Labute approximate surface area is 124 Å². The van der Waals surface area contributed by atoms with Gasteiger partial charge in [-0.15, -0.1) is 0 Å². The Morgan fingerprint density at radius 2 is 2.30 bits per heavy atom. The van der Waals surface area contributed by atoms with Crippen molar-refractivity contribution in [3.05, 3.63) is 28.8 Å². The third kappa shape index (κ3) is 3.70. The smallest absolute Gasteiger partial charge is 0.241 e. The highest BCUT2D eigenvalue weighted by atomic mass is 35.5. The molecule has 1 aromatic rings. The van der Waals surface area contributed by atoms with E-state index in [1.54, 1.807) is 0 Å². The monoisotopic (exact) mass is 313 g/mol. The van der Waals surface area contributed by atoms with Gasteiger partial charge in [0.25, 0.3) is 0 Å². The summed E-state index contributed by atoms with van der Waals surface area (Å²) in [5.41, 5.74) is 0.0980. The van der Waals surface area contributed by atoms with E-state index in [2.05, 4.69) is 10.0 Å². The normalized spacial score (nSPS) is 18.9. The summed E-state index contributed by atoms with van der Waals surface area (Å²) in [4.78, 5) is -0.0631. The van der Waals surface area contributed by atoms with Crippen molar-refractivity contribution in [3.8, 4) is 6.07 Å². The molecule has 1 aliphatic heterocycles. The van der Waals surface area contributed by atoms with Crippen molar-refractivity contribution in [1.29, 1.82) is 5.26 Å². The molecular formula is C13H16ClN3O2S. The fourth-order valence-corrected chi connectivity index (χ4v) is 3.72. The largest absolute Gasteiger partial charge is 0.314 e. The summed E-state index contributed by atoms with van der Waals surface area (Å²) in [6.07, 6.45) is 2.94. The van der Waals surface area contributed by atoms with Crippen LogP contribution < -0.4 is 10.0 Å². The Kier molecular flexibility index (Phi) is 5.00. The fraction of sp³-hybridized carbons (Fsp3) is 0.462. The average Bonchev–Trinajstić information content (AvgIpc) is 2.91. The van der Waals surface area contributed by atoms with Gasteiger partial charge in [-0.1, -0.05) is 11.6 Å². The molecule has 108 valence electrons. The minimum atomic E-state index is -3.70. The van der Waals surface area contributed by atoms with Gasteiger partial charge in [0, 0.05) is 17.6 Å². The van der Waals surface area contributed by atoms with Gasteiger partial charge < -0.3 is 5.32 Å². The molecule has 1 aromatic carbocycles. The zero-order valence-corrected chi connectivity index (χ0v) is 12.5. The van der Waals surface area contributed by atoms with Crippen LogP contribution in [0, 0.1) is 11.3 Å². The molecule has 1 heterocycles. The topological polar surface area (TPSA) is 82.0 Å². The molecule has 0 saturated carbocycles. The summed E-state index contributed by atoms with van der Waals surface area (Å²) in [5.74, 6) is 0. The number of nitrogens with one attached hydrogen (secondary N) is 2. The average molecular weight is 314 g/mol. The molecule has 0 aliphatic carbocycles. The van der Waals surface area contributed by atoms with E-state index in [-0.39, 0.29) is 10.5 Å². The standard InChI is InChI=1S/C13H16ClN3O2S/c14-11-4-3-10(9-15)13(8-11)20(18,19)17-7-5-12-2-1-6-16-12/h3-4,8,12,16-17H,1-2,5-7H2. The third-order valence-electron chi connectivity index (χ3n) is 3.30. The number of rotatable bonds is 5. The number of hydrogen-bond donors (Lipinski definition) is 2. The molecule has 20 heavy (non-hydrogen) atoms. The number of nitriles is 1. The Morgan fingerprint density at radius 1 is 1.50 bits per heavy atom. The van der Waals surface area contributed by atoms with Crippen LogP contribution in [0.2, 0.25) is 5.02 Å². The summed E-state index contributed by atoms with van der Waals surface area (Å²) in [5, 5.41) is 12.6. The second-order valence-electron chi connectivity index (χ2n) is 4.73. The van der Waals surface area contributed by atoms with Crippen molar-refractivity contribution in [2.75, 3.05) is 13.1 Å². The summed E-state index contributed by atoms with van der Waals surface area (Å²) in [7, 11) is -3.70. The minimum absolute atomic E-state index is 0.0631. The van der Waals surface area contributed by atoms with Crippen LogP contribution in [0.3, 0.4) is 0 Å². The molecule has 5 nitrogen and oxygen atoms in total. The Bertz CT molecular complexity index is 619. The number of sulfonamides is 1. The van der Waals surface area contributed by atoms with Gasteiger partial charge in [-0.2, -0.15) is 5.26 Å². The summed E-state index contributed by atoms with van der Waals surface area (Å²) in [6, 6.07) is 6.45. The van der Waals surface area contributed by atoms with Crippen LogP contribution in [0.1, 0.15) is 24.8 Å². The van der Waals surface area contributed by atoms with Crippen LogP contribution in [-0.2, 0) is 10.0 Å². The van der Waals surface area contributed by atoms with E-state index >= 15 is 0 Å². The van der Waals surface area contributed by atoms with Gasteiger partial charge in [0.2, 0.25) is 10.0 Å². The maximum atomic E-state index is 12.2. The predicted octanol–water partition coefficient (Wildman–Crippen LogP) is 1.63. The van der Waals surface area contributed by atoms with Gasteiger partial charge in [0.15, 0.2) is 0 Å². The van der Waals surface area contributed by atoms with Crippen molar-refractivity contribution in [1.82, 2.24) is 10.0 Å². The van der Waals surface area contributed by atoms with E-state index in [0.717, 1.165) is 25.8 Å². The van der Waals surface area contributed by atoms with Gasteiger partial charge in [-0.3, -0.25) is 0 Å². The maximum absolute atomic E-state index is 12.2. The van der Waals surface area contributed by atoms with E-state index in [0.29, 0.717) is 17.6 Å². The van der Waals surface area contributed by atoms with E-state index in [4.69, 9.17) is 16.9 Å². The van der Waals surface area contributed by atoms with Crippen LogP contribution >= 0.6 is 11.6 Å². The first-order valence-corrected chi connectivity index (χ1v) is 8.32. The summed E-state index contributed by atoms with van der Waals surface area (Å²) < 4.78 is 26.9. The van der Waals surface area contributed by atoms with Crippen LogP contribution in [0.15, 0.2) is 23.1 Å². The lowest BCUT2D eigenvalue weighted by atomic mass is 10.2. The van der Waals surface area contributed by atoms with Crippen LogP contribution in [-0.4, -0.2) is 27.5 Å². The number of hydrogen-bond acceptors (Lipinski definition) is 4. The van der Waals surface area contributed by atoms with Gasteiger partial charge >= 0.3 is 0 Å². The maximum Gasteiger partial charge on any atom is 0.241 e. The summed E-state index contributed by atoms with van der Waals surface area (Å²) >= 11 is 5.81. The first kappa shape index (κ1) is 15.3. The molecule has 0 spiro atoms. The molecule has 1 unspecified atom stereocenters. The molecule has 1 aliphatic rings. The van der Waals surface area contributed by atoms with E-state index < -0.39 is 10.0 Å². The van der Waals surface area contributed by atoms with E-state index in [1.807, 2.05) is 6.07 Å². The Hall–Kier alpha value is -1.13. The van der Waals surface area contributed by atoms with Crippen LogP contribution in [0.5, 0.6) is 0 Å². The number of halogens is 1. The Balaban J connectivity index is 2.06. The molecule has 2 N–H and O–H groups in total. The third-order valence-corrected chi connectivity index (χ3v) is 5.04. The van der Waals surface area contributed by atoms with E-state index in [1.165, 1.54) is 18.2 Å². The molecule has 2 rings (SSSR count). The van der Waals surface area contributed by atoms with Gasteiger partial charge in [-0.25, -0.2) is 13.1 Å². The summed E-state index contributed by atoms with van der Waals surface area (Å²) in [6.45, 7) is 1.33. The van der Waals surface area contributed by atoms with Gasteiger partial charge in [0.1, 0.15) is 11.0 Å². The first-order chi connectivity index (χ1) is 9.53. The molecule has 1 saturated heterocycles. The van der Waals surface area contributed by atoms with Crippen molar-refractivity contribution in [3.63, 3.8) is 0 Å². The predicted molar refractivity (Wildman–Crippen MR) is 77.0 cm³/mol. The highest BCUT2D eigenvalue weighted by Crippen LogP contribution is 2.20. The molecule has 0 aromatic heterocycles. The van der Waals surface area contributed by atoms with Crippen molar-refractivity contribution in [2.45, 2.75) is 30.2 Å². The van der Waals surface area contributed by atoms with Crippen molar-refractivity contribution < 1.29 is 8.42 Å². The molecule has 7 heteroatoms. The lowest BCUT2D eigenvalue weighted by Gasteiger charge is -2.12. The number of nitrogens with zero attached hydrogens (tertiary/aromatic N) is 1. The first-order valence-electron chi connectivity index (χ1n) is 6.45. The van der Waals surface area contributed by atoms with Gasteiger partial charge in [0.05, 0.1) is 5.56 Å². The van der Waals surface area contributed by atoms with Gasteiger partial charge in [-0.05, 0) is 44.0 Å². The second kappa shape index (κ2) is 6.55. The molecule has 1 atom stereocenters. The van der Waals surface area contributed by atoms with Crippen LogP contribution in [0.4, 0.5) is 0 Å². The molecule has 0 bridgehead atoms. The second-order valence-corrected chi connectivity index (χ2v) is 6.90. The lowest BCUT2D eigenvalue weighted by Crippen LogP contribution is -2.31. The minimum Gasteiger partial charge on any atom is -0.314 e.